The molecule has 0 aliphatic carbocycles. The normalized spacial score (nSPS) is 18.3. The molecule has 1 rings (SSSR count). The predicted molar refractivity (Wildman–Crippen MR) is 312 cm³/mol. The van der Waals surface area contributed by atoms with Crippen LogP contribution in [-0.4, -0.2) is 89.2 Å². The van der Waals surface area contributed by atoms with Crippen molar-refractivity contribution in [1.82, 2.24) is 0 Å². The van der Waals surface area contributed by atoms with Crippen molar-refractivity contribution in [3.8, 4) is 0 Å². The van der Waals surface area contributed by atoms with Gasteiger partial charge < -0.3 is 39.0 Å². The van der Waals surface area contributed by atoms with Crippen molar-refractivity contribution in [2.24, 2.45) is 0 Å². The number of carboxylic acids is 1. The molecule has 1 saturated heterocycles. The lowest BCUT2D eigenvalue weighted by atomic mass is 9.98. The minimum atomic E-state index is -1.91. The van der Waals surface area contributed by atoms with Gasteiger partial charge in [-0.2, -0.15) is 0 Å². The van der Waals surface area contributed by atoms with Gasteiger partial charge in [0.2, 0.25) is 0 Å². The quantitative estimate of drug-likeness (QED) is 0.0228. The molecule has 1 heterocycles. The maximum Gasteiger partial charge on any atom is 0.335 e. The van der Waals surface area contributed by atoms with Gasteiger partial charge in [-0.3, -0.25) is 14.4 Å². The van der Waals surface area contributed by atoms with Crippen molar-refractivity contribution in [1.29, 1.82) is 0 Å². The van der Waals surface area contributed by atoms with Gasteiger partial charge in [0.25, 0.3) is 0 Å². The Balaban J connectivity index is 2.66. The Kier molecular flexibility index (Phi) is 49.7. The highest BCUT2D eigenvalue weighted by Gasteiger charge is 2.50. The fraction of sp³-hybridized carbons (Fsp3) is 0.815. The first-order valence-electron chi connectivity index (χ1n) is 31.6. The van der Waals surface area contributed by atoms with E-state index in [2.05, 4.69) is 69.4 Å². The fourth-order valence-corrected chi connectivity index (χ4v) is 9.50. The topological polar surface area (TPSA) is 175 Å². The molecule has 0 aromatic heterocycles. The Morgan fingerprint density at radius 3 is 1.25 bits per heavy atom. The highest BCUT2D eigenvalue weighted by atomic mass is 16.7. The van der Waals surface area contributed by atoms with Crippen molar-refractivity contribution in [2.75, 3.05) is 13.2 Å². The zero-order valence-electron chi connectivity index (χ0n) is 49.2. The average Bonchev–Trinajstić information content (AvgIpc) is 3.42. The van der Waals surface area contributed by atoms with Crippen molar-refractivity contribution in [3.05, 3.63) is 48.6 Å². The molecule has 0 radical (unpaired) electrons. The summed E-state index contributed by atoms with van der Waals surface area (Å²) >= 11 is 0. The van der Waals surface area contributed by atoms with Crippen LogP contribution in [0.4, 0.5) is 0 Å². The van der Waals surface area contributed by atoms with E-state index >= 15 is 0 Å². The molecule has 12 heteroatoms. The van der Waals surface area contributed by atoms with Crippen LogP contribution in [0.5, 0.6) is 0 Å². The summed E-state index contributed by atoms with van der Waals surface area (Å²) in [6.45, 7) is 5.92. The smallest absolute Gasteiger partial charge is 0.335 e. The van der Waals surface area contributed by atoms with Gasteiger partial charge in [0.1, 0.15) is 18.8 Å². The summed E-state index contributed by atoms with van der Waals surface area (Å²) < 4.78 is 28.5. The van der Waals surface area contributed by atoms with Gasteiger partial charge in [0, 0.05) is 19.3 Å². The van der Waals surface area contributed by atoms with Crippen LogP contribution in [0.2, 0.25) is 0 Å². The summed E-state index contributed by atoms with van der Waals surface area (Å²) in [5.41, 5.74) is 0. The number of carbonyl (C=O) groups excluding carboxylic acids is 3. The van der Waals surface area contributed by atoms with Gasteiger partial charge in [-0.25, -0.2) is 4.79 Å². The summed E-state index contributed by atoms with van der Waals surface area (Å²) in [5, 5.41) is 31.5. The van der Waals surface area contributed by atoms with Gasteiger partial charge in [-0.15, -0.1) is 0 Å². The highest BCUT2D eigenvalue weighted by molar-refractivity contribution is 5.74. The second-order valence-electron chi connectivity index (χ2n) is 21.7. The number of aliphatic hydroxyl groups is 2. The van der Waals surface area contributed by atoms with Crippen molar-refractivity contribution >= 4 is 23.9 Å². The number of esters is 3. The molecule has 6 unspecified atom stereocenters. The summed E-state index contributed by atoms with van der Waals surface area (Å²) in [5.74, 6) is -3.12. The largest absolute Gasteiger partial charge is 0.479 e. The molecular formula is C65H114O12. The lowest BCUT2D eigenvalue weighted by molar-refractivity contribution is -0.301. The summed E-state index contributed by atoms with van der Waals surface area (Å²) in [6, 6.07) is 0. The first kappa shape index (κ1) is 71.7. The molecule has 0 spiro atoms. The van der Waals surface area contributed by atoms with E-state index in [1.165, 1.54) is 128 Å². The predicted octanol–water partition coefficient (Wildman–Crippen LogP) is 16.6. The number of carbonyl (C=O) groups is 4. The van der Waals surface area contributed by atoms with Crippen molar-refractivity contribution in [2.45, 2.75) is 327 Å². The minimum Gasteiger partial charge on any atom is -0.479 e. The van der Waals surface area contributed by atoms with Crippen LogP contribution < -0.4 is 0 Å². The Hall–Kier alpha value is -3.32. The van der Waals surface area contributed by atoms with Crippen molar-refractivity contribution < 1.29 is 58.2 Å². The average molecular weight is 1090 g/mol. The van der Waals surface area contributed by atoms with E-state index in [1.54, 1.807) is 0 Å². The Bertz CT molecular complexity index is 1520. The van der Waals surface area contributed by atoms with E-state index in [0.29, 0.717) is 19.3 Å². The third-order valence-electron chi connectivity index (χ3n) is 14.4. The molecule has 3 N–H and O–H groups in total. The fourth-order valence-electron chi connectivity index (χ4n) is 9.50. The first-order valence-corrected chi connectivity index (χ1v) is 31.6. The lowest BCUT2D eigenvalue weighted by Crippen LogP contribution is -2.61. The molecule has 0 bridgehead atoms. The number of aliphatic hydroxyl groups excluding tert-OH is 2. The Labute approximate surface area is 469 Å². The zero-order valence-corrected chi connectivity index (χ0v) is 49.2. The van der Waals surface area contributed by atoms with Crippen LogP contribution >= 0.6 is 0 Å². The van der Waals surface area contributed by atoms with Crippen LogP contribution in [-0.2, 0) is 42.9 Å². The third kappa shape index (κ3) is 43.2. The molecular weight excluding hydrogens is 973 g/mol. The molecule has 0 aromatic rings. The van der Waals surface area contributed by atoms with Crippen LogP contribution in [0.15, 0.2) is 48.6 Å². The maximum absolute atomic E-state index is 13.2. The van der Waals surface area contributed by atoms with Crippen LogP contribution in [0.1, 0.15) is 290 Å². The summed E-state index contributed by atoms with van der Waals surface area (Å²) in [4.78, 5) is 51.2. The van der Waals surface area contributed by atoms with E-state index in [9.17, 15) is 34.5 Å². The number of allylic oxidation sites excluding steroid dienone is 8. The minimum absolute atomic E-state index is 0.0458. The van der Waals surface area contributed by atoms with Gasteiger partial charge in [0.15, 0.2) is 24.6 Å². The van der Waals surface area contributed by atoms with Crippen LogP contribution in [0.25, 0.3) is 0 Å². The second-order valence-corrected chi connectivity index (χ2v) is 21.7. The van der Waals surface area contributed by atoms with Gasteiger partial charge in [0.05, 0.1) is 6.61 Å². The lowest BCUT2D eigenvalue weighted by Gasteiger charge is -2.40. The number of ether oxygens (including phenoxy) is 5. The summed E-state index contributed by atoms with van der Waals surface area (Å²) in [7, 11) is 0. The van der Waals surface area contributed by atoms with E-state index in [-0.39, 0.29) is 25.9 Å². The number of unbranched alkanes of at least 4 members (excludes halogenated alkanes) is 32. The zero-order chi connectivity index (χ0) is 56.1. The Morgan fingerprint density at radius 1 is 0.429 bits per heavy atom. The molecule has 1 aliphatic heterocycles. The molecule has 0 saturated carbocycles. The van der Waals surface area contributed by atoms with Gasteiger partial charge in [-0.05, 0) is 77.0 Å². The summed E-state index contributed by atoms with van der Waals surface area (Å²) in [6.07, 6.45) is 52.1. The second kappa shape index (κ2) is 53.3. The number of hydrogen-bond donors (Lipinski definition) is 3. The van der Waals surface area contributed by atoms with E-state index in [4.69, 9.17) is 23.7 Å². The van der Waals surface area contributed by atoms with Crippen LogP contribution in [0, 0.1) is 0 Å². The highest BCUT2D eigenvalue weighted by Crippen LogP contribution is 2.27. The van der Waals surface area contributed by atoms with Gasteiger partial charge in [-0.1, -0.05) is 243 Å². The molecule has 12 nitrogen and oxygen atoms in total. The Morgan fingerprint density at radius 2 is 0.805 bits per heavy atom. The number of hydrogen-bond acceptors (Lipinski definition) is 11. The monoisotopic (exact) mass is 1090 g/mol. The van der Waals surface area contributed by atoms with E-state index < -0.39 is 67.3 Å². The van der Waals surface area contributed by atoms with Crippen molar-refractivity contribution in [3.63, 3.8) is 0 Å². The first-order chi connectivity index (χ1) is 37.6. The molecule has 446 valence electrons. The molecule has 6 atom stereocenters. The maximum atomic E-state index is 13.2. The standard InChI is InChI=1S/C65H114O12/c1-4-7-10-13-16-19-22-25-27-28-29-30-32-34-36-39-42-45-48-51-57(66)73-54-56(75-58(67)52-49-46-43-40-38-35-31-26-23-20-17-14-11-8-5-2)55-74-65-63(61(70)60(69)62(77-65)64(71)72)76-59(68)53-50-47-44-41-37-33-24-21-18-15-12-9-6-3/h12,15-16,19,21,24-25,27,56,60-63,65,69-70H,4-11,13-14,17-18,20,22-23,26,28-55H2,1-3H3,(H,71,72)/b15-12-,19-16-,24-21-,27-25-. The molecule has 1 fully saturated rings. The van der Waals surface area contributed by atoms with Gasteiger partial charge >= 0.3 is 23.9 Å². The number of rotatable bonds is 54. The number of carboxylic acid groups (broad SMARTS) is 1. The number of aliphatic carboxylic acids is 1. The molecule has 77 heavy (non-hydrogen) atoms. The van der Waals surface area contributed by atoms with E-state index in [1.807, 2.05) is 0 Å². The molecule has 0 aromatic carbocycles. The SMILES string of the molecule is CCC/C=C\C/C=C\CCCCCCCC(=O)OC1C(OCC(COC(=O)CCCCCCCCCCC/C=C\C/C=C\CCCCC)OC(=O)CCCCCCCCCCCCCCCCC)OC(C(=O)O)C(O)C1O. The van der Waals surface area contributed by atoms with Crippen LogP contribution in [0.3, 0.4) is 0 Å². The third-order valence-corrected chi connectivity index (χ3v) is 14.4. The van der Waals surface area contributed by atoms with E-state index in [0.717, 1.165) is 103 Å². The molecule has 1 aliphatic rings. The molecule has 0 amide bonds.